The quantitative estimate of drug-likeness (QED) is 0.674. The van der Waals surface area contributed by atoms with Crippen LogP contribution in [0.5, 0.6) is 0 Å². The van der Waals surface area contributed by atoms with Crippen molar-refractivity contribution in [3.63, 3.8) is 0 Å². The third kappa shape index (κ3) is 4.03. The molecular formula is C11H21NO2S. The van der Waals surface area contributed by atoms with Gasteiger partial charge in [0.1, 0.15) is 0 Å². The molecule has 15 heavy (non-hydrogen) atoms. The van der Waals surface area contributed by atoms with Crippen LogP contribution in [-0.4, -0.2) is 42.9 Å². The Hall–Kier alpha value is -0.220. The van der Waals surface area contributed by atoms with E-state index in [2.05, 4.69) is 19.6 Å². The zero-order valence-electron chi connectivity index (χ0n) is 9.61. The van der Waals surface area contributed by atoms with Crippen LogP contribution < -0.4 is 0 Å². The van der Waals surface area contributed by atoms with Gasteiger partial charge in [0.15, 0.2) is 0 Å². The highest BCUT2D eigenvalue weighted by Gasteiger charge is 2.33. The maximum absolute atomic E-state index is 11.8. The second kappa shape index (κ2) is 6.38. The Bertz CT molecular complexity index is 207. The van der Waals surface area contributed by atoms with Gasteiger partial charge in [-0.1, -0.05) is 0 Å². The van der Waals surface area contributed by atoms with E-state index in [-0.39, 0.29) is 5.91 Å². The van der Waals surface area contributed by atoms with Gasteiger partial charge in [0, 0.05) is 26.1 Å². The number of amides is 1. The summed E-state index contributed by atoms with van der Waals surface area (Å²) in [5.74, 6) is 1.55. The highest BCUT2D eigenvalue weighted by molar-refractivity contribution is 7.80. The van der Waals surface area contributed by atoms with E-state index >= 15 is 0 Å². The molecule has 1 saturated carbocycles. The van der Waals surface area contributed by atoms with Gasteiger partial charge in [-0.05, 0) is 31.4 Å². The van der Waals surface area contributed by atoms with Crippen molar-refractivity contribution in [3.8, 4) is 0 Å². The monoisotopic (exact) mass is 231 g/mol. The molecule has 0 spiro atoms. The predicted molar refractivity (Wildman–Crippen MR) is 64.2 cm³/mol. The summed E-state index contributed by atoms with van der Waals surface area (Å²) < 4.78 is 5.04. The number of hydrogen-bond donors (Lipinski definition) is 1. The molecule has 1 unspecified atom stereocenters. The van der Waals surface area contributed by atoms with Crippen molar-refractivity contribution in [3.05, 3.63) is 0 Å². The van der Waals surface area contributed by atoms with Crippen LogP contribution >= 0.6 is 12.6 Å². The number of carbonyl (C=O) groups is 1. The molecule has 0 radical (unpaired) electrons. The van der Waals surface area contributed by atoms with Crippen LogP contribution in [0.3, 0.4) is 0 Å². The van der Waals surface area contributed by atoms with E-state index < -0.39 is 0 Å². The van der Waals surface area contributed by atoms with Crippen molar-refractivity contribution in [1.29, 1.82) is 0 Å². The fourth-order valence-corrected chi connectivity index (χ4v) is 2.01. The van der Waals surface area contributed by atoms with Crippen LogP contribution in [0, 0.1) is 5.92 Å². The molecule has 0 aliphatic heterocycles. The Morgan fingerprint density at radius 2 is 2.27 bits per heavy atom. The fourth-order valence-electron chi connectivity index (χ4n) is 1.82. The first kappa shape index (κ1) is 12.8. The number of thiol groups is 1. The van der Waals surface area contributed by atoms with Crippen molar-refractivity contribution in [2.75, 3.05) is 26.0 Å². The summed E-state index contributed by atoms with van der Waals surface area (Å²) in [6, 6.07) is 0.368. The van der Waals surface area contributed by atoms with Gasteiger partial charge in [-0.15, -0.1) is 0 Å². The molecular weight excluding hydrogens is 210 g/mol. The molecule has 0 N–H and O–H groups in total. The van der Waals surface area contributed by atoms with Gasteiger partial charge in [0.05, 0.1) is 6.61 Å². The fraction of sp³-hybridized carbons (Fsp3) is 0.909. The third-order valence-corrected chi connectivity index (χ3v) is 3.20. The Balaban J connectivity index is 2.46. The highest BCUT2D eigenvalue weighted by atomic mass is 32.1. The Morgan fingerprint density at radius 3 is 2.73 bits per heavy atom. The number of ether oxygens (including phenoxy) is 1. The largest absolute Gasteiger partial charge is 0.383 e. The molecule has 0 aromatic carbocycles. The van der Waals surface area contributed by atoms with Gasteiger partial charge in [-0.2, -0.15) is 12.6 Å². The van der Waals surface area contributed by atoms with E-state index in [0.717, 1.165) is 0 Å². The molecule has 0 heterocycles. The summed E-state index contributed by atoms with van der Waals surface area (Å²) in [6.07, 6.45) is 3.06. The lowest BCUT2D eigenvalue weighted by Gasteiger charge is -2.29. The van der Waals surface area contributed by atoms with Crippen molar-refractivity contribution < 1.29 is 9.53 Å². The van der Waals surface area contributed by atoms with E-state index in [1.165, 1.54) is 12.8 Å². The van der Waals surface area contributed by atoms with Crippen LogP contribution in [0.2, 0.25) is 0 Å². The van der Waals surface area contributed by atoms with Gasteiger partial charge >= 0.3 is 0 Å². The lowest BCUT2D eigenvalue weighted by molar-refractivity contribution is -0.133. The molecule has 1 amide bonds. The van der Waals surface area contributed by atoms with E-state index in [1.807, 2.05) is 4.90 Å². The van der Waals surface area contributed by atoms with E-state index in [4.69, 9.17) is 4.74 Å². The molecule has 1 rings (SSSR count). The van der Waals surface area contributed by atoms with Crippen LogP contribution in [0.15, 0.2) is 0 Å². The molecule has 1 fully saturated rings. The summed E-state index contributed by atoms with van der Waals surface area (Å²) in [6.45, 7) is 3.47. The minimum atomic E-state index is 0.210. The second-order valence-corrected chi connectivity index (χ2v) is 4.58. The lowest BCUT2D eigenvalue weighted by atomic mass is 10.1. The second-order valence-electron chi connectivity index (χ2n) is 4.13. The molecule has 1 atom stereocenters. The number of methoxy groups -OCH3 is 1. The zero-order valence-corrected chi connectivity index (χ0v) is 10.5. The molecule has 0 saturated heterocycles. The van der Waals surface area contributed by atoms with Crippen LogP contribution in [0.4, 0.5) is 0 Å². The van der Waals surface area contributed by atoms with Crippen molar-refractivity contribution in [2.45, 2.75) is 32.2 Å². The van der Waals surface area contributed by atoms with Gasteiger partial charge in [0.2, 0.25) is 5.91 Å². The Labute approximate surface area is 97.6 Å². The van der Waals surface area contributed by atoms with Gasteiger partial charge in [-0.25, -0.2) is 0 Å². The summed E-state index contributed by atoms with van der Waals surface area (Å²) >= 11 is 4.10. The van der Waals surface area contributed by atoms with E-state index in [0.29, 0.717) is 37.3 Å². The van der Waals surface area contributed by atoms with Crippen LogP contribution in [0.1, 0.15) is 26.2 Å². The first-order chi connectivity index (χ1) is 7.20. The maximum atomic E-state index is 11.8. The van der Waals surface area contributed by atoms with Gasteiger partial charge in [-0.3, -0.25) is 4.79 Å². The topological polar surface area (TPSA) is 29.5 Å². The standard InChI is InChI=1S/C11H21NO2S/c1-9(10-3-4-10)12(6-7-14-2)11(13)5-8-15/h9-10,15H,3-8H2,1-2H3. The molecule has 1 aliphatic carbocycles. The molecule has 0 bridgehead atoms. The molecule has 3 nitrogen and oxygen atoms in total. The third-order valence-electron chi connectivity index (χ3n) is 2.98. The van der Waals surface area contributed by atoms with E-state index in [1.54, 1.807) is 7.11 Å². The van der Waals surface area contributed by atoms with Crippen molar-refractivity contribution in [2.24, 2.45) is 5.92 Å². The average Bonchev–Trinajstić information content (AvgIpc) is 3.01. The summed E-state index contributed by atoms with van der Waals surface area (Å²) in [4.78, 5) is 13.8. The number of nitrogens with zero attached hydrogens (tertiary/aromatic N) is 1. The van der Waals surface area contributed by atoms with Gasteiger partial charge < -0.3 is 9.64 Å². The predicted octanol–water partition coefficient (Wildman–Crippen LogP) is 1.58. The summed E-state index contributed by atoms with van der Waals surface area (Å²) in [5, 5.41) is 0. The molecule has 1 aliphatic rings. The Morgan fingerprint density at radius 1 is 1.60 bits per heavy atom. The SMILES string of the molecule is COCCN(C(=O)CCS)C(C)C1CC1. The maximum Gasteiger partial charge on any atom is 0.223 e. The number of carbonyl (C=O) groups excluding carboxylic acids is 1. The van der Waals surface area contributed by atoms with Crippen molar-refractivity contribution in [1.82, 2.24) is 4.90 Å². The highest BCUT2D eigenvalue weighted by Crippen LogP contribution is 2.35. The summed E-state index contributed by atoms with van der Waals surface area (Å²) in [7, 11) is 1.67. The molecule has 0 aromatic rings. The minimum Gasteiger partial charge on any atom is -0.383 e. The van der Waals surface area contributed by atoms with Crippen LogP contribution in [-0.2, 0) is 9.53 Å². The van der Waals surface area contributed by atoms with Crippen LogP contribution in [0.25, 0.3) is 0 Å². The van der Waals surface area contributed by atoms with Gasteiger partial charge in [0.25, 0.3) is 0 Å². The first-order valence-electron chi connectivity index (χ1n) is 5.60. The number of rotatable bonds is 7. The lowest BCUT2D eigenvalue weighted by Crippen LogP contribution is -2.42. The molecule has 0 aromatic heterocycles. The van der Waals surface area contributed by atoms with Crippen molar-refractivity contribution >= 4 is 18.5 Å². The minimum absolute atomic E-state index is 0.210. The number of hydrogen-bond acceptors (Lipinski definition) is 3. The molecule has 88 valence electrons. The normalized spacial score (nSPS) is 17.5. The Kier molecular flexibility index (Phi) is 5.47. The average molecular weight is 231 g/mol. The first-order valence-corrected chi connectivity index (χ1v) is 6.23. The smallest absolute Gasteiger partial charge is 0.223 e. The summed E-state index contributed by atoms with van der Waals surface area (Å²) in [5.41, 5.74) is 0. The zero-order chi connectivity index (χ0) is 11.3. The van der Waals surface area contributed by atoms with E-state index in [9.17, 15) is 4.79 Å². The molecule has 4 heteroatoms.